The lowest BCUT2D eigenvalue weighted by Gasteiger charge is -2.02. The van der Waals surface area contributed by atoms with E-state index in [9.17, 15) is 13.2 Å². The lowest BCUT2D eigenvalue weighted by atomic mass is 10.2. The van der Waals surface area contributed by atoms with E-state index in [0.717, 1.165) is 18.6 Å². The van der Waals surface area contributed by atoms with E-state index in [-0.39, 0.29) is 17.3 Å². The summed E-state index contributed by atoms with van der Waals surface area (Å²) in [6.07, 6.45) is 1.48. The molecular weight excluding hydrogens is 259 g/mol. The molecule has 0 saturated carbocycles. The van der Waals surface area contributed by atoms with Crippen LogP contribution in [0.1, 0.15) is 31.7 Å². The van der Waals surface area contributed by atoms with Crippen molar-refractivity contribution in [2.24, 2.45) is 5.73 Å². The minimum Gasteiger partial charge on any atom is -0.337 e. The molecule has 1 aromatic heterocycles. The SMILES string of the molecule is CCC[C@@H](N)c1nc(-c2cc(F)c(F)c(F)c2)no1. The van der Waals surface area contributed by atoms with Crippen LogP contribution in [0, 0.1) is 17.5 Å². The van der Waals surface area contributed by atoms with Crippen LogP contribution in [-0.2, 0) is 0 Å². The molecule has 1 atom stereocenters. The van der Waals surface area contributed by atoms with Crippen LogP contribution < -0.4 is 5.73 Å². The second-order valence-corrected chi connectivity index (χ2v) is 4.11. The van der Waals surface area contributed by atoms with Gasteiger partial charge < -0.3 is 10.3 Å². The van der Waals surface area contributed by atoms with E-state index in [1.807, 2.05) is 6.92 Å². The number of nitrogens with two attached hydrogens (primary N) is 1. The number of hydrogen-bond donors (Lipinski definition) is 1. The van der Waals surface area contributed by atoms with Crippen LogP contribution in [0.15, 0.2) is 16.7 Å². The van der Waals surface area contributed by atoms with Gasteiger partial charge in [0, 0.05) is 5.56 Å². The van der Waals surface area contributed by atoms with Gasteiger partial charge in [-0.1, -0.05) is 18.5 Å². The summed E-state index contributed by atoms with van der Waals surface area (Å²) < 4.78 is 43.9. The first-order valence-corrected chi connectivity index (χ1v) is 5.77. The van der Waals surface area contributed by atoms with Gasteiger partial charge in [0.05, 0.1) is 6.04 Å². The summed E-state index contributed by atoms with van der Waals surface area (Å²) in [6.45, 7) is 1.95. The molecule has 0 aliphatic carbocycles. The molecule has 0 aliphatic rings. The predicted octanol–water partition coefficient (Wildman–Crippen LogP) is 2.95. The third kappa shape index (κ3) is 2.76. The average molecular weight is 271 g/mol. The lowest BCUT2D eigenvalue weighted by molar-refractivity contribution is 0.348. The summed E-state index contributed by atoms with van der Waals surface area (Å²) in [6, 6.07) is 1.18. The molecule has 2 N–H and O–H groups in total. The molecule has 1 aromatic carbocycles. The molecule has 0 radical (unpaired) electrons. The van der Waals surface area contributed by atoms with Crippen molar-refractivity contribution in [1.29, 1.82) is 0 Å². The largest absolute Gasteiger partial charge is 0.337 e. The number of nitrogens with zero attached hydrogens (tertiary/aromatic N) is 2. The summed E-state index contributed by atoms with van der Waals surface area (Å²) in [7, 11) is 0. The smallest absolute Gasteiger partial charge is 0.243 e. The molecule has 102 valence electrons. The average Bonchev–Trinajstić information content (AvgIpc) is 2.85. The van der Waals surface area contributed by atoms with Crippen LogP contribution in [0.4, 0.5) is 13.2 Å². The Labute approximate surface area is 107 Å². The molecule has 7 heteroatoms. The summed E-state index contributed by atoms with van der Waals surface area (Å²) in [4.78, 5) is 3.95. The Bertz CT molecular complexity index is 562. The van der Waals surface area contributed by atoms with Gasteiger partial charge in [0.15, 0.2) is 17.5 Å². The van der Waals surface area contributed by atoms with Crippen molar-refractivity contribution in [3.63, 3.8) is 0 Å². The molecule has 19 heavy (non-hydrogen) atoms. The number of rotatable bonds is 4. The topological polar surface area (TPSA) is 64.9 Å². The zero-order valence-corrected chi connectivity index (χ0v) is 10.2. The highest BCUT2D eigenvalue weighted by molar-refractivity contribution is 5.54. The second kappa shape index (κ2) is 5.40. The van der Waals surface area contributed by atoms with Crippen LogP contribution in [0.3, 0.4) is 0 Å². The molecular formula is C12H12F3N3O. The summed E-state index contributed by atoms with van der Waals surface area (Å²) >= 11 is 0. The van der Waals surface area contributed by atoms with Crippen LogP contribution in [0.25, 0.3) is 11.4 Å². The first kappa shape index (κ1) is 13.5. The van der Waals surface area contributed by atoms with Crippen LogP contribution in [0.5, 0.6) is 0 Å². The predicted molar refractivity (Wildman–Crippen MR) is 61.4 cm³/mol. The minimum absolute atomic E-state index is 0.00454. The Kier molecular flexibility index (Phi) is 3.84. The molecule has 0 unspecified atom stereocenters. The van der Waals surface area contributed by atoms with Crippen molar-refractivity contribution in [3.05, 3.63) is 35.5 Å². The fraction of sp³-hybridized carbons (Fsp3) is 0.333. The van der Waals surface area contributed by atoms with Crippen molar-refractivity contribution >= 4 is 0 Å². The van der Waals surface area contributed by atoms with Gasteiger partial charge >= 0.3 is 0 Å². The summed E-state index contributed by atoms with van der Waals surface area (Å²) in [5.41, 5.74) is 5.77. The van der Waals surface area contributed by atoms with Gasteiger partial charge in [0.1, 0.15) is 0 Å². The fourth-order valence-electron chi connectivity index (χ4n) is 1.62. The van der Waals surface area contributed by atoms with Crippen LogP contribution in [0.2, 0.25) is 0 Å². The first-order valence-electron chi connectivity index (χ1n) is 5.77. The maximum Gasteiger partial charge on any atom is 0.243 e. The molecule has 2 rings (SSSR count). The van der Waals surface area contributed by atoms with Crippen molar-refractivity contribution in [3.8, 4) is 11.4 Å². The van der Waals surface area contributed by atoms with E-state index in [1.165, 1.54) is 0 Å². The molecule has 0 fully saturated rings. The van der Waals surface area contributed by atoms with Gasteiger partial charge in [-0.3, -0.25) is 0 Å². The minimum atomic E-state index is -1.53. The molecule has 0 amide bonds. The van der Waals surface area contributed by atoms with Gasteiger partial charge in [0.25, 0.3) is 0 Å². The molecule has 1 heterocycles. The van der Waals surface area contributed by atoms with Gasteiger partial charge in [-0.05, 0) is 18.6 Å². The van der Waals surface area contributed by atoms with Gasteiger partial charge in [-0.15, -0.1) is 0 Å². The number of halogens is 3. The first-order chi connectivity index (χ1) is 9.02. The third-order valence-corrected chi connectivity index (χ3v) is 2.60. The molecule has 2 aromatic rings. The fourth-order valence-corrected chi connectivity index (χ4v) is 1.62. The number of hydrogen-bond acceptors (Lipinski definition) is 4. The highest BCUT2D eigenvalue weighted by atomic mass is 19.2. The van der Waals surface area contributed by atoms with Gasteiger partial charge in [-0.2, -0.15) is 4.98 Å². The van der Waals surface area contributed by atoms with Crippen molar-refractivity contribution in [2.45, 2.75) is 25.8 Å². The van der Waals surface area contributed by atoms with E-state index in [2.05, 4.69) is 10.1 Å². The maximum atomic E-state index is 13.1. The lowest BCUT2D eigenvalue weighted by Crippen LogP contribution is -2.09. The Hall–Kier alpha value is -1.89. The molecule has 0 aliphatic heterocycles. The van der Waals surface area contributed by atoms with E-state index < -0.39 is 23.5 Å². The zero-order valence-electron chi connectivity index (χ0n) is 10.2. The second-order valence-electron chi connectivity index (χ2n) is 4.11. The molecule has 0 saturated heterocycles. The normalized spacial score (nSPS) is 12.7. The van der Waals surface area contributed by atoms with E-state index >= 15 is 0 Å². The zero-order chi connectivity index (χ0) is 14.0. The third-order valence-electron chi connectivity index (χ3n) is 2.60. The van der Waals surface area contributed by atoms with E-state index in [4.69, 9.17) is 10.3 Å². The monoisotopic (exact) mass is 271 g/mol. The Morgan fingerprint density at radius 2 is 1.89 bits per heavy atom. The Morgan fingerprint density at radius 1 is 1.26 bits per heavy atom. The Morgan fingerprint density at radius 3 is 2.47 bits per heavy atom. The van der Waals surface area contributed by atoms with Crippen molar-refractivity contribution < 1.29 is 17.7 Å². The Balaban J connectivity index is 2.33. The van der Waals surface area contributed by atoms with Gasteiger partial charge in [0.2, 0.25) is 11.7 Å². The van der Waals surface area contributed by atoms with Crippen molar-refractivity contribution in [2.75, 3.05) is 0 Å². The maximum absolute atomic E-state index is 13.1. The van der Waals surface area contributed by atoms with Crippen LogP contribution in [-0.4, -0.2) is 10.1 Å². The molecule has 4 nitrogen and oxygen atoms in total. The number of aromatic nitrogens is 2. The van der Waals surface area contributed by atoms with E-state index in [1.54, 1.807) is 0 Å². The van der Waals surface area contributed by atoms with Crippen molar-refractivity contribution in [1.82, 2.24) is 10.1 Å². The molecule has 0 bridgehead atoms. The quantitative estimate of drug-likeness (QED) is 0.868. The number of benzene rings is 1. The summed E-state index contributed by atoms with van der Waals surface area (Å²) in [5.74, 6) is -3.99. The van der Waals surface area contributed by atoms with Crippen LogP contribution >= 0.6 is 0 Å². The summed E-state index contributed by atoms with van der Waals surface area (Å²) in [5, 5.41) is 3.58. The van der Waals surface area contributed by atoms with E-state index in [0.29, 0.717) is 6.42 Å². The van der Waals surface area contributed by atoms with Gasteiger partial charge in [-0.25, -0.2) is 13.2 Å². The molecule has 0 spiro atoms. The standard InChI is InChI=1S/C12H12F3N3O/c1-2-3-9(16)12-17-11(18-19-12)6-4-7(13)10(15)8(14)5-6/h4-5,9H,2-3,16H2,1H3/t9-/m1/s1. The highest BCUT2D eigenvalue weighted by Gasteiger charge is 2.18. The highest BCUT2D eigenvalue weighted by Crippen LogP contribution is 2.23.